The van der Waals surface area contributed by atoms with E-state index in [0.717, 1.165) is 0 Å². The van der Waals surface area contributed by atoms with Crippen LogP contribution in [0.3, 0.4) is 0 Å². The molecule has 0 radical (unpaired) electrons. The molecule has 3 N–H and O–H groups in total. The van der Waals surface area contributed by atoms with E-state index in [1.165, 1.54) is 51.5 Å². The van der Waals surface area contributed by atoms with Crippen LogP contribution in [-0.2, 0) is 14.8 Å². The Morgan fingerprint density at radius 1 is 0.909 bits per heavy atom. The maximum absolute atomic E-state index is 12.3. The number of sulfonamides is 1. The number of phenols is 1. The first-order valence-electron chi connectivity index (χ1n) is 13.2. The van der Waals surface area contributed by atoms with E-state index in [1.807, 2.05) is 6.92 Å². The molecule has 0 aliphatic heterocycles. The van der Waals surface area contributed by atoms with Gasteiger partial charge in [0.25, 0.3) is 0 Å². The lowest BCUT2D eigenvalue weighted by Crippen LogP contribution is -2.24. The number of amides is 1. The van der Waals surface area contributed by atoms with Gasteiger partial charge >= 0.3 is 0 Å². The number of fused-ring (bicyclic) bond motifs is 1. The van der Waals surface area contributed by atoms with E-state index < -0.39 is 10.0 Å². The molecule has 0 unspecified atom stereocenters. The molecule has 0 fully saturated rings. The lowest BCUT2D eigenvalue weighted by Gasteiger charge is -2.13. The summed E-state index contributed by atoms with van der Waals surface area (Å²) >= 11 is 8.87. The van der Waals surface area contributed by atoms with Crippen molar-refractivity contribution in [1.82, 2.24) is 4.72 Å². The fourth-order valence-corrected chi connectivity index (χ4v) is 5.81. The summed E-state index contributed by atoms with van der Waals surface area (Å²) in [6.45, 7) is 3.58. The number of azo groups is 2. The van der Waals surface area contributed by atoms with Crippen LogP contribution in [0.15, 0.2) is 89.7 Å². The van der Waals surface area contributed by atoms with Crippen LogP contribution in [0.2, 0.25) is 0 Å². The molecule has 0 heterocycles. The normalized spacial score (nSPS) is 11.9. The monoisotopic (exact) mass is 654 g/mol. The van der Waals surface area contributed by atoms with Crippen LogP contribution in [0, 0.1) is 0 Å². The van der Waals surface area contributed by atoms with E-state index in [4.69, 9.17) is 9.47 Å². The maximum Gasteiger partial charge on any atom is 0.240 e. The SMILES string of the molecule is CCCNS(=O)(=O)c1ccc(N=Nc2cc(OC)c(N=Nc3c(S)cc4cc(S)cc(NC(C)=O)c4c3O)cc2OC)cc1. The second kappa shape index (κ2) is 14.1. The van der Waals surface area contributed by atoms with Gasteiger partial charge in [-0.1, -0.05) is 6.92 Å². The number of rotatable bonds is 11. The number of carbonyl (C=O) groups excluding carboxylic acids is 1. The van der Waals surface area contributed by atoms with Crippen LogP contribution in [0.1, 0.15) is 20.3 Å². The molecule has 0 aliphatic carbocycles. The van der Waals surface area contributed by atoms with Crippen molar-refractivity contribution in [3.05, 3.63) is 54.6 Å². The summed E-state index contributed by atoms with van der Waals surface area (Å²) in [4.78, 5) is 12.8. The minimum atomic E-state index is -3.60. The first-order chi connectivity index (χ1) is 21.0. The zero-order valence-corrected chi connectivity index (χ0v) is 26.8. The number of nitrogens with one attached hydrogen (secondary N) is 2. The Morgan fingerprint density at radius 2 is 1.52 bits per heavy atom. The molecule has 0 saturated carbocycles. The smallest absolute Gasteiger partial charge is 0.240 e. The van der Waals surface area contributed by atoms with E-state index in [2.05, 4.69) is 55.8 Å². The second-order valence-corrected chi connectivity index (χ2v) is 12.1. The topological polar surface area (TPSA) is 163 Å². The Bertz CT molecular complexity index is 1880. The number of ether oxygens (including phenoxy) is 2. The second-order valence-electron chi connectivity index (χ2n) is 9.35. The standard InChI is InChI=1S/C29H30N6O6S3/c1-5-10-30-44(38,39)20-8-6-18(7-9-20)32-33-21-14-25(41-4)22(15-24(21)40-3)34-35-28-26(43)12-17-11-19(42)13-23(31-16(2)36)27(17)29(28)37/h6-9,11-15,30,37,42-43H,5,10H2,1-4H3,(H,31,36). The van der Waals surface area contributed by atoms with Crippen molar-refractivity contribution in [2.45, 2.75) is 35.0 Å². The summed E-state index contributed by atoms with van der Waals surface area (Å²) in [6, 6.07) is 14.1. The largest absolute Gasteiger partial charge is 0.505 e. The van der Waals surface area contributed by atoms with E-state index >= 15 is 0 Å². The molecule has 4 rings (SSSR count). The highest BCUT2D eigenvalue weighted by molar-refractivity contribution is 7.89. The molecule has 4 aromatic rings. The van der Waals surface area contributed by atoms with Crippen LogP contribution < -0.4 is 19.5 Å². The molecule has 12 nitrogen and oxygen atoms in total. The van der Waals surface area contributed by atoms with Gasteiger partial charge in [0, 0.05) is 40.8 Å². The Hall–Kier alpha value is -4.18. The number of carbonyl (C=O) groups is 1. The average molecular weight is 655 g/mol. The van der Waals surface area contributed by atoms with Crippen LogP contribution in [0.25, 0.3) is 10.8 Å². The average Bonchev–Trinajstić information content (AvgIpc) is 2.98. The number of nitrogens with zero attached hydrogens (tertiary/aromatic N) is 4. The van der Waals surface area contributed by atoms with Gasteiger partial charge in [-0.3, -0.25) is 4.79 Å². The number of methoxy groups -OCH3 is 2. The van der Waals surface area contributed by atoms with Crippen molar-refractivity contribution >= 4 is 80.4 Å². The molecule has 0 atom stereocenters. The summed E-state index contributed by atoms with van der Waals surface area (Å²) in [7, 11) is -0.706. The lowest BCUT2D eigenvalue weighted by atomic mass is 10.1. The van der Waals surface area contributed by atoms with Crippen LogP contribution in [0.5, 0.6) is 17.2 Å². The van der Waals surface area contributed by atoms with Crippen LogP contribution in [0.4, 0.5) is 28.4 Å². The Kier molecular flexibility index (Phi) is 10.5. The molecule has 0 aliphatic rings. The molecule has 44 heavy (non-hydrogen) atoms. The number of phenolic OH excluding ortho intramolecular Hbond substituents is 1. The molecule has 0 aromatic heterocycles. The summed E-state index contributed by atoms with van der Waals surface area (Å²) in [6.07, 6.45) is 0.678. The molecular weight excluding hydrogens is 625 g/mol. The first kappa shape index (κ1) is 32.7. The number of anilines is 1. The quantitative estimate of drug-likeness (QED) is 0.0825. The molecule has 1 amide bonds. The summed E-state index contributed by atoms with van der Waals surface area (Å²) in [5, 5.41) is 31.8. The number of benzene rings is 4. The van der Waals surface area contributed by atoms with Gasteiger partial charge in [0.2, 0.25) is 15.9 Å². The van der Waals surface area contributed by atoms with Gasteiger partial charge in [-0.25, -0.2) is 13.1 Å². The third-order valence-electron chi connectivity index (χ3n) is 6.16. The predicted molar refractivity (Wildman–Crippen MR) is 174 cm³/mol. The number of thiol groups is 2. The van der Waals surface area contributed by atoms with Gasteiger partial charge in [-0.05, 0) is 54.3 Å². The van der Waals surface area contributed by atoms with Crippen molar-refractivity contribution in [3.8, 4) is 17.2 Å². The fraction of sp³-hybridized carbons (Fsp3) is 0.207. The van der Waals surface area contributed by atoms with Gasteiger partial charge in [-0.2, -0.15) is 5.11 Å². The summed E-state index contributed by atoms with van der Waals surface area (Å²) in [5.74, 6) is 0.0345. The fourth-order valence-electron chi connectivity index (χ4n) is 4.12. The van der Waals surface area contributed by atoms with Crippen molar-refractivity contribution < 1.29 is 27.8 Å². The van der Waals surface area contributed by atoms with Crippen molar-refractivity contribution in [3.63, 3.8) is 0 Å². The highest BCUT2D eigenvalue weighted by Gasteiger charge is 2.17. The highest BCUT2D eigenvalue weighted by Crippen LogP contribution is 2.46. The van der Waals surface area contributed by atoms with Crippen molar-refractivity contribution in [2.24, 2.45) is 20.5 Å². The van der Waals surface area contributed by atoms with Gasteiger partial charge in [0.15, 0.2) is 5.75 Å². The molecule has 0 spiro atoms. The highest BCUT2D eigenvalue weighted by atomic mass is 32.2. The Labute approximate surface area is 265 Å². The summed E-state index contributed by atoms with van der Waals surface area (Å²) < 4.78 is 38.1. The van der Waals surface area contributed by atoms with Crippen molar-refractivity contribution in [1.29, 1.82) is 0 Å². The molecule has 230 valence electrons. The molecule has 15 heteroatoms. The van der Waals surface area contributed by atoms with Crippen LogP contribution in [-0.4, -0.2) is 40.2 Å². The number of hydrogen-bond acceptors (Lipinski definition) is 12. The van der Waals surface area contributed by atoms with Gasteiger partial charge in [-0.15, -0.1) is 40.6 Å². The van der Waals surface area contributed by atoms with Gasteiger partial charge < -0.3 is 19.9 Å². The first-order valence-corrected chi connectivity index (χ1v) is 15.5. The maximum atomic E-state index is 12.3. The van der Waals surface area contributed by atoms with E-state index in [9.17, 15) is 18.3 Å². The number of aromatic hydroxyl groups is 1. The summed E-state index contributed by atoms with van der Waals surface area (Å²) in [5.41, 5.74) is 1.43. The van der Waals surface area contributed by atoms with Gasteiger partial charge in [0.05, 0.1) is 30.5 Å². The zero-order chi connectivity index (χ0) is 32.0. The van der Waals surface area contributed by atoms with E-state index in [-0.39, 0.29) is 33.7 Å². The third kappa shape index (κ3) is 7.48. The zero-order valence-electron chi connectivity index (χ0n) is 24.2. The molecule has 0 saturated heterocycles. The third-order valence-corrected chi connectivity index (χ3v) is 8.24. The predicted octanol–water partition coefficient (Wildman–Crippen LogP) is 7.62. The van der Waals surface area contributed by atoms with Crippen LogP contribution >= 0.6 is 25.3 Å². The van der Waals surface area contributed by atoms with Crippen molar-refractivity contribution in [2.75, 3.05) is 26.1 Å². The Balaban J connectivity index is 1.67. The van der Waals surface area contributed by atoms with E-state index in [1.54, 1.807) is 24.3 Å². The Morgan fingerprint density at radius 3 is 2.09 bits per heavy atom. The molecule has 0 bridgehead atoms. The minimum absolute atomic E-state index is 0.0690. The molecule has 4 aromatic carbocycles. The van der Waals surface area contributed by atoms with E-state index in [0.29, 0.717) is 56.3 Å². The van der Waals surface area contributed by atoms with Gasteiger partial charge in [0.1, 0.15) is 28.6 Å². The minimum Gasteiger partial charge on any atom is -0.505 e. The lowest BCUT2D eigenvalue weighted by molar-refractivity contribution is -0.114. The molecular formula is C29H30N6O6S3. The number of hydrogen-bond donors (Lipinski definition) is 5.